The first-order valence-electron chi connectivity index (χ1n) is 32.8. The molecular weight excluding hydrogens is 1250 g/mol. The first kappa shape index (κ1) is 79.5. The van der Waals surface area contributed by atoms with Gasteiger partial charge in [-0.15, -0.1) is 11.6 Å². The molecule has 0 aromatic heterocycles. The maximum Gasteiger partial charge on any atom is 0.393 e. The maximum atomic E-state index is 14.8. The van der Waals surface area contributed by atoms with E-state index in [1.54, 1.807) is 34.6 Å². The van der Waals surface area contributed by atoms with Gasteiger partial charge in [-0.25, -0.2) is 0 Å². The highest BCUT2D eigenvalue weighted by molar-refractivity contribution is 6.20. The van der Waals surface area contributed by atoms with Crippen molar-refractivity contribution in [3.8, 4) is 0 Å². The highest BCUT2D eigenvalue weighted by Crippen LogP contribution is 2.44. The molecule has 2 saturated heterocycles. The Hall–Kier alpha value is -5.96. The van der Waals surface area contributed by atoms with Crippen LogP contribution in [0.3, 0.4) is 0 Å². The minimum absolute atomic E-state index is 0.00195. The van der Waals surface area contributed by atoms with Crippen LogP contribution in [-0.2, 0) is 52.7 Å². The van der Waals surface area contributed by atoms with Crippen LogP contribution in [0.2, 0.25) is 0 Å². The lowest BCUT2D eigenvalue weighted by molar-refractivity contribution is -0.184. The lowest BCUT2D eigenvalue weighted by atomic mass is 9.78. The van der Waals surface area contributed by atoms with Gasteiger partial charge in [-0.2, -0.15) is 26.3 Å². The number of nitrogens with zero attached hydrogens (tertiary/aromatic N) is 7. The van der Waals surface area contributed by atoms with Crippen LogP contribution >= 0.6 is 11.6 Å². The number of carbonyl (C=O) groups excluding carboxylic acids is 11. The molecular formula is C64H104ClF6N11O11. The summed E-state index contributed by atoms with van der Waals surface area (Å²) >= 11 is 6.32. The Morgan fingerprint density at radius 3 is 1.66 bits per heavy atom. The third kappa shape index (κ3) is 21.3. The van der Waals surface area contributed by atoms with E-state index >= 15 is 0 Å². The van der Waals surface area contributed by atoms with E-state index in [-0.39, 0.29) is 108 Å². The van der Waals surface area contributed by atoms with Crippen LogP contribution in [0.15, 0.2) is 0 Å². The molecule has 530 valence electrons. The van der Waals surface area contributed by atoms with E-state index < -0.39 is 179 Å². The summed E-state index contributed by atoms with van der Waals surface area (Å²) in [6.45, 7) is 15.5. The molecule has 2 saturated carbocycles. The number of hydrogen-bond donors (Lipinski definition) is 4. The highest BCUT2D eigenvalue weighted by atomic mass is 35.5. The number of halogens is 7. The van der Waals surface area contributed by atoms with Crippen molar-refractivity contribution in [2.24, 2.45) is 41.4 Å². The summed E-state index contributed by atoms with van der Waals surface area (Å²) in [6.07, 6.45) is -9.45. The zero-order valence-electron chi connectivity index (χ0n) is 57.2. The first-order valence-corrected chi connectivity index (χ1v) is 33.2. The molecule has 11 amide bonds. The molecule has 3 unspecified atom stereocenters. The van der Waals surface area contributed by atoms with Crippen LogP contribution in [-0.4, -0.2) is 233 Å². The molecule has 0 bridgehead atoms. The molecule has 0 radical (unpaired) electrons. The third-order valence-electron chi connectivity index (χ3n) is 19.9. The third-order valence-corrected chi connectivity index (χ3v) is 20.4. The number of rotatable bonds is 11. The van der Waals surface area contributed by atoms with Gasteiger partial charge in [-0.05, 0) is 141 Å². The monoisotopic (exact) mass is 1350 g/mol. The van der Waals surface area contributed by atoms with E-state index in [2.05, 4.69) is 21.3 Å². The van der Waals surface area contributed by atoms with Gasteiger partial charge in [-0.3, -0.25) is 52.7 Å². The van der Waals surface area contributed by atoms with Gasteiger partial charge in [0.15, 0.2) is 0 Å². The average molecular weight is 1350 g/mol. The standard InChI is InChI=1S/C64H104ClF6N11O11/c1-17-37(6)53-60(92)77(12)34-52(85)82-27-26-48(82)59(91)80(15)49(32-41-18-22-42(23-19-41)63(66,67)68)58(90)76(11)33-50(83)72-45(25-21-40-20-24-43(44(65)31-40)64(69,70)71)55(87)73-47(29-36(4)5)57(89)81(16)62(9,10)61(93)74-46(28-35(2)3)56(88)78(13)38(7)30-51(84)79(14)39(8)54(86)75-53/h35-49,53H,17-34H2,1-16H3,(H,72,83)(H,73,87)(H,74,93)(H,75,86)/t37-,38+,39-,40?,41?,42?,43?,44?,45-,46-,47-,48-,49-,53-/m0/s1. The van der Waals surface area contributed by atoms with Gasteiger partial charge in [0, 0.05) is 66.7 Å². The van der Waals surface area contributed by atoms with Crippen molar-refractivity contribution in [2.75, 3.05) is 61.9 Å². The van der Waals surface area contributed by atoms with Crippen molar-refractivity contribution < 1.29 is 79.1 Å². The number of alkyl halides is 7. The minimum Gasteiger partial charge on any atom is -0.343 e. The predicted octanol–water partition coefficient (Wildman–Crippen LogP) is 5.87. The van der Waals surface area contributed by atoms with Crippen molar-refractivity contribution >= 4 is 76.6 Å². The van der Waals surface area contributed by atoms with Gasteiger partial charge in [0.2, 0.25) is 65.0 Å². The zero-order chi connectivity index (χ0) is 70.7. The summed E-state index contributed by atoms with van der Waals surface area (Å²) in [5.74, 6) is -13.1. The molecule has 2 aliphatic heterocycles. The topological polar surface area (TPSA) is 259 Å². The molecule has 22 nitrogen and oxygen atoms in total. The second-order valence-electron chi connectivity index (χ2n) is 28.1. The number of fused-ring (bicyclic) bond motifs is 1. The lowest BCUT2D eigenvalue weighted by Gasteiger charge is -2.44. The maximum absolute atomic E-state index is 14.8. The van der Waals surface area contributed by atoms with Crippen LogP contribution < -0.4 is 21.3 Å². The lowest BCUT2D eigenvalue weighted by Crippen LogP contribution is -2.63. The van der Waals surface area contributed by atoms with Gasteiger partial charge in [0.1, 0.15) is 47.8 Å². The van der Waals surface area contributed by atoms with E-state index in [9.17, 15) is 79.1 Å². The smallest absolute Gasteiger partial charge is 0.343 e. The summed E-state index contributed by atoms with van der Waals surface area (Å²) in [4.78, 5) is 167. The number of likely N-dealkylation sites (N-methyl/N-ethyl adjacent to an activating group) is 6. The number of hydrogen-bond acceptors (Lipinski definition) is 11. The van der Waals surface area contributed by atoms with Gasteiger partial charge >= 0.3 is 12.4 Å². The molecule has 29 heteroatoms. The summed E-state index contributed by atoms with van der Waals surface area (Å²) in [5, 5.41) is 9.71. The molecule has 4 rings (SSSR count). The Morgan fingerprint density at radius 1 is 0.581 bits per heavy atom. The van der Waals surface area contributed by atoms with Crippen LogP contribution in [0.25, 0.3) is 0 Å². The molecule has 4 aliphatic rings. The van der Waals surface area contributed by atoms with E-state index in [0.717, 1.165) is 19.6 Å². The predicted molar refractivity (Wildman–Crippen MR) is 336 cm³/mol. The number of amides is 11. The molecule has 0 aromatic rings. The zero-order valence-corrected chi connectivity index (χ0v) is 58.0. The van der Waals surface area contributed by atoms with Gasteiger partial charge in [0.25, 0.3) is 0 Å². The largest absolute Gasteiger partial charge is 0.393 e. The Labute approximate surface area is 549 Å². The van der Waals surface area contributed by atoms with E-state index in [1.165, 1.54) is 77.8 Å². The molecule has 12 atom stereocenters. The fourth-order valence-electron chi connectivity index (χ4n) is 12.7. The van der Waals surface area contributed by atoms with Crippen molar-refractivity contribution in [3.05, 3.63) is 0 Å². The fourth-order valence-corrected chi connectivity index (χ4v) is 13.2. The summed E-state index contributed by atoms with van der Waals surface area (Å²) in [6, 6.07) is -9.68. The van der Waals surface area contributed by atoms with Crippen LogP contribution in [0.1, 0.15) is 166 Å². The van der Waals surface area contributed by atoms with Crippen LogP contribution in [0.4, 0.5) is 26.3 Å². The molecule has 4 fully saturated rings. The fraction of sp³-hybridized carbons (Fsp3) is 0.828. The molecule has 93 heavy (non-hydrogen) atoms. The molecule has 4 N–H and O–H groups in total. The Bertz CT molecular complexity index is 2660. The van der Waals surface area contributed by atoms with Gasteiger partial charge < -0.3 is 55.6 Å². The van der Waals surface area contributed by atoms with Crippen molar-refractivity contribution in [1.29, 1.82) is 0 Å². The Balaban J connectivity index is 1.80. The SMILES string of the molecule is CC[C@H](C)[C@@H]1NC(=O)[C@H](C)N(C)C(=O)C[C@@H](C)N(C)C(=O)[C@H](CC(C)C)NC(=O)C(C)(C)N(C)C(=O)[C@H](CC(C)C)NC(=O)[C@H](CCC2CCC(C(F)(F)F)C(Cl)C2)NC(=O)CN(C)C(=O)[C@H](CC2CCC(C(F)(F)F)CC2)N(C)C(=O)[C@@H]2CCN2C(=O)CN(C)C1=O. The molecule has 0 aromatic carbocycles. The average Bonchev–Trinajstić information content (AvgIpc) is 0.808. The van der Waals surface area contributed by atoms with Crippen LogP contribution in [0.5, 0.6) is 0 Å². The number of nitrogens with one attached hydrogen (secondary N) is 4. The van der Waals surface area contributed by atoms with E-state index in [1.807, 2.05) is 13.8 Å². The normalized spacial score (nSPS) is 30.8. The summed E-state index contributed by atoms with van der Waals surface area (Å²) < 4.78 is 83.3. The Kier molecular flexibility index (Phi) is 28.7. The Morgan fingerprint density at radius 2 is 1.14 bits per heavy atom. The van der Waals surface area contributed by atoms with Gasteiger partial charge in [-0.1, -0.05) is 48.0 Å². The second kappa shape index (κ2) is 33.6. The molecule has 2 aliphatic carbocycles. The van der Waals surface area contributed by atoms with Gasteiger partial charge in [0.05, 0.1) is 24.9 Å². The second-order valence-corrected chi connectivity index (χ2v) is 28.7. The van der Waals surface area contributed by atoms with E-state index in [4.69, 9.17) is 11.6 Å². The summed E-state index contributed by atoms with van der Waals surface area (Å²) in [7, 11) is 8.12. The van der Waals surface area contributed by atoms with Crippen molar-refractivity contribution in [3.63, 3.8) is 0 Å². The molecule has 2 heterocycles. The quantitative estimate of drug-likeness (QED) is 0.141. The molecule has 0 spiro atoms. The van der Waals surface area contributed by atoms with E-state index in [0.29, 0.717) is 6.42 Å². The van der Waals surface area contributed by atoms with Crippen molar-refractivity contribution in [1.82, 2.24) is 55.6 Å². The minimum atomic E-state index is -4.55. The summed E-state index contributed by atoms with van der Waals surface area (Å²) in [5.41, 5.74) is -1.72. The number of carbonyl (C=O) groups is 11. The highest BCUT2D eigenvalue weighted by Gasteiger charge is 2.49. The van der Waals surface area contributed by atoms with Crippen molar-refractivity contribution in [2.45, 2.75) is 237 Å². The van der Waals surface area contributed by atoms with Crippen LogP contribution in [0, 0.1) is 41.4 Å². The first-order chi connectivity index (χ1) is 42.9.